The van der Waals surface area contributed by atoms with Gasteiger partial charge in [-0.25, -0.2) is 9.59 Å². The number of hydrogen-bond acceptors (Lipinski definition) is 10. The molecule has 6 heterocycles. The summed E-state index contributed by atoms with van der Waals surface area (Å²) in [6, 6.07) is 27.4. The molecule has 0 aliphatic carbocycles. The molecule has 4 aromatic carbocycles. The van der Waals surface area contributed by atoms with Crippen LogP contribution in [-0.4, -0.2) is 130 Å². The van der Waals surface area contributed by atoms with Crippen molar-refractivity contribution >= 4 is 58.3 Å². The number of piperazine rings is 2. The van der Waals surface area contributed by atoms with Crippen LogP contribution in [0.5, 0.6) is 0 Å². The highest BCUT2D eigenvalue weighted by Gasteiger charge is 2.32. The van der Waals surface area contributed by atoms with Gasteiger partial charge in [-0.3, -0.25) is 19.8 Å². The summed E-state index contributed by atoms with van der Waals surface area (Å²) in [6.07, 6.45) is 3.38. The maximum Gasteiger partial charge on any atom is 0.322 e. The van der Waals surface area contributed by atoms with Gasteiger partial charge in [-0.2, -0.15) is 10.2 Å². The average Bonchev–Trinajstić information content (AvgIpc) is 4.23. The Labute approximate surface area is 433 Å². The third-order valence-electron chi connectivity index (χ3n) is 14.8. The Morgan fingerprint density at radius 2 is 0.797 bits per heavy atom. The van der Waals surface area contributed by atoms with Gasteiger partial charge in [0.1, 0.15) is 0 Å². The van der Waals surface area contributed by atoms with Gasteiger partial charge in [0, 0.05) is 97.4 Å². The molecule has 2 aromatic heterocycles. The van der Waals surface area contributed by atoms with E-state index in [1.54, 1.807) is 9.80 Å². The van der Waals surface area contributed by atoms with Crippen LogP contribution >= 0.6 is 0 Å². The van der Waals surface area contributed by atoms with E-state index in [4.69, 9.17) is 0 Å². The van der Waals surface area contributed by atoms with Crippen molar-refractivity contribution < 1.29 is 19.2 Å². The number of aromatic nitrogens is 4. The fourth-order valence-corrected chi connectivity index (χ4v) is 10.1. The van der Waals surface area contributed by atoms with Crippen LogP contribution in [-0.2, 0) is 51.9 Å². The number of H-pyrrole nitrogens is 2. The van der Waals surface area contributed by atoms with Crippen LogP contribution in [0.25, 0.3) is 0 Å². The van der Waals surface area contributed by atoms with Gasteiger partial charge in [0.05, 0.1) is 37.6 Å². The number of carbonyl (C=O) groups is 4. The second-order valence-electron chi connectivity index (χ2n) is 19.5. The van der Waals surface area contributed by atoms with E-state index in [-0.39, 0.29) is 23.9 Å². The van der Waals surface area contributed by atoms with Gasteiger partial charge < -0.3 is 50.7 Å². The van der Waals surface area contributed by atoms with E-state index in [1.807, 2.05) is 60.7 Å². The number of anilines is 6. The van der Waals surface area contributed by atoms with Gasteiger partial charge in [-0.05, 0) is 111 Å². The topological polar surface area (TPSA) is 193 Å². The Morgan fingerprint density at radius 3 is 1.12 bits per heavy atom. The van der Waals surface area contributed by atoms with Gasteiger partial charge in [0.15, 0.2) is 11.6 Å². The SMILES string of the molecule is CCc1cccc(CC)c1NC(=O)N1Cc2[nH]nc(NC(=O)c3ccc(N4CCN(C)CC4)cc3)c2C1.CCc1cccc(CC)c1NC(=O)N1Cc2[nH]nc(NC(=O)c3ccc(N4CCN(C)CC4)cc3)c2C1. The Morgan fingerprint density at radius 1 is 0.459 bits per heavy atom. The quantitative estimate of drug-likeness (QED) is 0.0697. The number of aromatic amines is 2. The zero-order valence-electron chi connectivity index (χ0n) is 43.6. The number of aryl methyl sites for hydroxylation is 4. The van der Waals surface area contributed by atoms with Crippen LogP contribution in [0.2, 0.25) is 0 Å². The van der Waals surface area contributed by atoms with Crippen molar-refractivity contribution in [1.82, 2.24) is 40.0 Å². The minimum Gasteiger partial charge on any atom is -0.369 e. The maximum atomic E-state index is 13.1. The number of fused-ring (bicyclic) bond motifs is 2. The first-order chi connectivity index (χ1) is 35.9. The molecular formula is C56H70N14O4. The van der Waals surface area contributed by atoms with E-state index < -0.39 is 0 Å². The molecule has 2 saturated heterocycles. The number of benzene rings is 4. The van der Waals surface area contributed by atoms with Gasteiger partial charge in [0.2, 0.25) is 0 Å². The van der Waals surface area contributed by atoms with E-state index in [0.717, 1.165) is 146 Å². The van der Waals surface area contributed by atoms with Crippen LogP contribution in [0.3, 0.4) is 0 Å². The molecule has 10 rings (SSSR count). The summed E-state index contributed by atoms with van der Waals surface area (Å²) in [4.78, 5) is 65.0. The highest BCUT2D eigenvalue weighted by Crippen LogP contribution is 2.32. The molecule has 0 spiro atoms. The minimum absolute atomic E-state index is 0.156. The molecule has 0 saturated carbocycles. The number of rotatable bonds is 12. The third kappa shape index (κ3) is 11.4. The summed E-state index contributed by atoms with van der Waals surface area (Å²) in [5.41, 5.74) is 13.1. The van der Waals surface area contributed by atoms with Crippen molar-refractivity contribution in [3.63, 3.8) is 0 Å². The molecule has 2 fully saturated rings. The first-order valence-electron chi connectivity index (χ1n) is 26.1. The maximum absolute atomic E-state index is 13.1. The van der Waals surface area contributed by atoms with Gasteiger partial charge in [-0.1, -0.05) is 64.1 Å². The molecule has 18 nitrogen and oxygen atoms in total. The standard InChI is InChI=1S/2C28H35N7O2/c2*1-4-19-7-6-8-20(5-2)25(19)29-28(37)35-17-23-24(18-35)31-32-26(23)30-27(36)21-9-11-22(12-10-21)34-15-13-33(3)14-16-34/h2*6-12H,4-5,13-18H2,1-3H3,(H,29,37)(H2,30,31,32,36). The fraction of sp³-hybridized carbons (Fsp3) is 0.393. The smallest absolute Gasteiger partial charge is 0.322 e. The second-order valence-corrected chi connectivity index (χ2v) is 19.5. The lowest BCUT2D eigenvalue weighted by atomic mass is 10.0. The van der Waals surface area contributed by atoms with E-state index in [9.17, 15) is 19.2 Å². The Balaban J connectivity index is 0.000000182. The van der Waals surface area contributed by atoms with E-state index in [1.165, 1.54) is 0 Å². The second kappa shape index (κ2) is 23.0. The molecule has 388 valence electrons. The number of urea groups is 2. The number of likely N-dealkylation sites (N-methyl/N-ethyl adjacent to an activating group) is 2. The number of nitrogens with one attached hydrogen (secondary N) is 6. The van der Waals surface area contributed by atoms with Gasteiger partial charge in [0.25, 0.3) is 11.8 Å². The number of carbonyl (C=O) groups excluding carboxylic acids is 4. The Bertz CT molecular complexity index is 2710. The summed E-state index contributed by atoms with van der Waals surface area (Å²) >= 11 is 0. The normalized spacial score (nSPS) is 15.5. The van der Waals surface area contributed by atoms with E-state index in [2.05, 4.69) is 127 Å². The molecule has 0 bridgehead atoms. The summed E-state index contributed by atoms with van der Waals surface area (Å²) in [5, 5.41) is 26.7. The van der Waals surface area contributed by atoms with Crippen LogP contribution in [0.1, 0.15) is 93.2 Å². The largest absolute Gasteiger partial charge is 0.369 e. The van der Waals surface area contributed by atoms with Crippen molar-refractivity contribution in [3.8, 4) is 0 Å². The lowest BCUT2D eigenvalue weighted by molar-refractivity contribution is 0.101. The molecule has 6 amide bonds. The van der Waals surface area contributed by atoms with Crippen molar-refractivity contribution in [2.45, 2.75) is 79.6 Å². The summed E-state index contributed by atoms with van der Waals surface area (Å²) in [7, 11) is 4.27. The molecule has 6 N–H and O–H groups in total. The van der Waals surface area contributed by atoms with Crippen LogP contribution in [0.15, 0.2) is 84.9 Å². The predicted octanol–water partition coefficient (Wildman–Crippen LogP) is 8.17. The Kier molecular flexibility index (Phi) is 15.9. The first-order valence-corrected chi connectivity index (χ1v) is 26.1. The Hall–Kier alpha value is -7.70. The van der Waals surface area contributed by atoms with Crippen LogP contribution in [0, 0.1) is 0 Å². The minimum atomic E-state index is -0.216. The van der Waals surface area contributed by atoms with Crippen molar-refractivity contribution in [1.29, 1.82) is 0 Å². The van der Waals surface area contributed by atoms with E-state index >= 15 is 0 Å². The molecule has 4 aliphatic rings. The molecular weight excluding hydrogens is 933 g/mol. The van der Waals surface area contributed by atoms with Crippen molar-refractivity contribution in [3.05, 3.63) is 141 Å². The molecule has 0 unspecified atom stereocenters. The lowest BCUT2D eigenvalue weighted by Crippen LogP contribution is -2.44. The number of para-hydroxylation sites is 2. The number of amides is 6. The molecule has 18 heteroatoms. The molecule has 0 radical (unpaired) electrons. The fourth-order valence-electron chi connectivity index (χ4n) is 10.1. The van der Waals surface area contributed by atoms with Crippen molar-refractivity contribution in [2.24, 2.45) is 0 Å². The molecule has 0 atom stereocenters. The molecule has 6 aromatic rings. The average molecular weight is 1000 g/mol. The summed E-state index contributed by atoms with van der Waals surface area (Å²) < 4.78 is 0. The first kappa shape index (κ1) is 51.2. The van der Waals surface area contributed by atoms with Gasteiger partial charge >= 0.3 is 12.1 Å². The summed E-state index contributed by atoms with van der Waals surface area (Å²) in [6.45, 7) is 18.0. The number of hydrogen-bond donors (Lipinski definition) is 6. The molecule has 4 aliphatic heterocycles. The van der Waals surface area contributed by atoms with Crippen molar-refractivity contribution in [2.75, 3.05) is 97.5 Å². The van der Waals surface area contributed by atoms with Crippen LogP contribution < -0.4 is 31.1 Å². The number of nitrogens with zero attached hydrogens (tertiary/aromatic N) is 8. The summed E-state index contributed by atoms with van der Waals surface area (Å²) in [5.74, 6) is 0.515. The van der Waals surface area contributed by atoms with Gasteiger partial charge in [-0.15, -0.1) is 0 Å². The highest BCUT2D eigenvalue weighted by molar-refractivity contribution is 6.05. The lowest BCUT2D eigenvalue weighted by Gasteiger charge is -2.34. The van der Waals surface area contributed by atoms with Crippen LogP contribution in [0.4, 0.5) is 44.0 Å². The predicted molar refractivity (Wildman–Crippen MR) is 292 cm³/mol. The zero-order chi connectivity index (χ0) is 51.9. The monoisotopic (exact) mass is 1000 g/mol. The molecule has 74 heavy (non-hydrogen) atoms. The third-order valence-corrected chi connectivity index (χ3v) is 14.8. The van der Waals surface area contributed by atoms with E-state index in [0.29, 0.717) is 48.9 Å². The zero-order valence-corrected chi connectivity index (χ0v) is 43.6. The highest BCUT2D eigenvalue weighted by atomic mass is 16.2.